The fourth-order valence-electron chi connectivity index (χ4n) is 2.81. The van der Waals surface area contributed by atoms with E-state index >= 15 is 0 Å². The molecule has 2 rings (SSSR count). The van der Waals surface area contributed by atoms with Gasteiger partial charge in [0.15, 0.2) is 0 Å². The van der Waals surface area contributed by atoms with Crippen LogP contribution >= 0.6 is 0 Å². The van der Waals surface area contributed by atoms with Crippen LogP contribution in [-0.4, -0.2) is 44.9 Å². The van der Waals surface area contributed by atoms with Gasteiger partial charge in [-0.15, -0.1) is 0 Å². The molecule has 0 aromatic heterocycles. The normalized spacial score (nSPS) is 20.5. The van der Waals surface area contributed by atoms with Crippen LogP contribution in [0.1, 0.15) is 30.0 Å². The summed E-state index contributed by atoms with van der Waals surface area (Å²) in [5.74, 6) is 0. The number of rotatable bonds is 7. The first-order valence-electron chi connectivity index (χ1n) is 7.34. The van der Waals surface area contributed by atoms with Crippen molar-refractivity contribution in [3.8, 4) is 0 Å². The second-order valence-corrected chi connectivity index (χ2v) is 5.50. The van der Waals surface area contributed by atoms with Crippen molar-refractivity contribution in [3.05, 3.63) is 35.4 Å². The van der Waals surface area contributed by atoms with Crippen molar-refractivity contribution in [2.45, 2.75) is 31.6 Å². The van der Waals surface area contributed by atoms with Crippen LogP contribution in [0.5, 0.6) is 0 Å². The first kappa shape index (κ1) is 15.4. The van der Waals surface area contributed by atoms with Crippen molar-refractivity contribution < 1.29 is 9.47 Å². The minimum absolute atomic E-state index is 0.246. The molecule has 0 amide bonds. The molecule has 2 unspecified atom stereocenters. The number of hydrogen-bond donors (Lipinski definition) is 1. The number of nitrogens with zero attached hydrogens (tertiary/aromatic N) is 1. The molecule has 1 heterocycles. The fourth-order valence-corrected chi connectivity index (χ4v) is 2.81. The predicted octanol–water partition coefficient (Wildman–Crippen LogP) is 1.94. The Labute approximate surface area is 121 Å². The van der Waals surface area contributed by atoms with Gasteiger partial charge < -0.3 is 15.2 Å². The third kappa shape index (κ3) is 4.03. The molecule has 2 N–H and O–H groups in total. The fraction of sp³-hybridized carbons (Fsp3) is 0.625. The smallest absolute Gasteiger partial charge is 0.0713 e. The van der Waals surface area contributed by atoms with Gasteiger partial charge in [-0.05, 0) is 31.0 Å². The molecule has 0 saturated carbocycles. The van der Waals surface area contributed by atoms with E-state index < -0.39 is 0 Å². The zero-order chi connectivity index (χ0) is 14.4. The lowest BCUT2D eigenvalue weighted by molar-refractivity contribution is 0.0689. The van der Waals surface area contributed by atoms with E-state index in [1.165, 1.54) is 17.5 Å². The molecule has 0 aliphatic carbocycles. The summed E-state index contributed by atoms with van der Waals surface area (Å²) >= 11 is 0. The lowest BCUT2D eigenvalue weighted by Gasteiger charge is -2.29. The first-order valence-corrected chi connectivity index (χ1v) is 7.34. The molecule has 0 bridgehead atoms. The summed E-state index contributed by atoms with van der Waals surface area (Å²) in [5.41, 5.74) is 8.42. The molecule has 1 saturated heterocycles. The van der Waals surface area contributed by atoms with Crippen LogP contribution in [0.3, 0.4) is 0 Å². The van der Waals surface area contributed by atoms with Gasteiger partial charge in [0.05, 0.1) is 12.7 Å². The molecule has 1 aromatic carbocycles. The van der Waals surface area contributed by atoms with Gasteiger partial charge in [-0.3, -0.25) is 4.90 Å². The zero-order valence-electron chi connectivity index (χ0n) is 12.5. The lowest BCUT2D eigenvalue weighted by atomic mass is 10.0. The summed E-state index contributed by atoms with van der Waals surface area (Å²) in [6, 6.07) is 8.77. The molecule has 2 atom stereocenters. The third-order valence-electron chi connectivity index (χ3n) is 3.95. The van der Waals surface area contributed by atoms with Gasteiger partial charge in [0.1, 0.15) is 0 Å². The van der Waals surface area contributed by atoms with Gasteiger partial charge in [-0.25, -0.2) is 0 Å². The standard InChI is InChI=1S/C16H26N2O2/c1-18(11-15-4-3-9-20-15)16(10-17)14-7-5-13(6-8-14)12-19-2/h5-8,15-16H,3-4,9-12,17H2,1-2H3. The van der Waals surface area contributed by atoms with E-state index in [2.05, 4.69) is 36.2 Å². The topological polar surface area (TPSA) is 47.7 Å². The molecule has 4 nitrogen and oxygen atoms in total. The van der Waals surface area contributed by atoms with Gasteiger partial charge in [0.25, 0.3) is 0 Å². The number of ether oxygens (including phenoxy) is 2. The van der Waals surface area contributed by atoms with Crippen molar-refractivity contribution in [3.63, 3.8) is 0 Å². The highest BCUT2D eigenvalue weighted by molar-refractivity contribution is 5.25. The molecule has 1 aromatic rings. The van der Waals surface area contributed by atoms with E-state index in [0.717, 1.165) is 19.6 Å². The molecule has 112 valence electrons. The van der Waals surface area contributed by atoms with Crippen LogP contribution in [-0.2, 0) is 16.1 Å². The molecule has 4 heteroatoms. The van der Waals surface area contributed by atoms with Gasteiger partial charge in [0.2, 0.25) is 0 Å². The Kier molecular flexibility index (Phi) is 5.98. The number of hydrogen-bond acceptors (Lipinski definition) is 4. The summed E-state index contributed by atoms with van der Waals surface area (Å²) < 4.78 is 10.8. The van der Waals surface area contributed by atoms with Crippen LogP contribution in [0.4, 0.5) is 0 Å². The average Bonchev–Trinajstić information content (AvgIpc) is 2.95. The molecule has 1 fully saturated rings. The molecule has 20 heavy (non-hydrogen) atoms. The summed E-state index contributed by atoms with van der Waals surface area (Å²) in [6.45, 7) is 3.12. The maximum Gasteiger partial charge on any atom is 0.0713 e. The van der Waals surface area contributed by atoms with Crippen LogP contribution in [0.25, 0.3) is 0 Å². The summed E-state index contributed by atoms with van der Waals surface area (Å²) in [7, 11) is 3.84. The second-order valence-electron chi connectivity index (χ2n) is 5.50. The maximum atomic E-state index is 5.97. The predicted molar refractivity (Wildman–Crippen MR) is 80.6 cm³/mol. The van der Waals surface area contributed by atoms with Crippen molar-refractivity contribution in [1.29, 1.82) is 0 Å². The Hall–Kier alpha value is -0.940. The molecular formula is C16H26N2O2. The van der Waals surface area contributed by atoms with E-state index in [0.29, 0.717) is 19.3 Å². The molecule has 1 aliphatic rings. The summed E-state index contributed by atoms with van der Waals surface area (Å²) in [5, 5.41) is 0. The largest absolute Gasteiger partial charge is 0.380 e. The summed E-state index contributed by atoms with van der Waals surface area (Å²) in [4.78, 5) is 2.31. The average molecular weight is 278 g/mol. The second kappa shape index (κ2) is 7.74. The Bertz CT molecular complexity index is 388. The minimum Gasteiger partial charge on any atom is -0.380 e. The Balaban J connectivity index is 1.98. The third-order valence-corrected chi connectivity index (χ3v) is 3.95. The quantitative estimate of drug-likeness (QED) is 0.828. The van der Waals surface area contributed by atoms with E-state index in [1.54, 1.807) is 7.11 Å². The first-order chi connectivity index (χ1) is 9.74. The Morgan fingerprint density at radius 1 is 1.40 bits per heavy atom. The van der Waals surface area contributed by atoms with E-state index in [9.17, 15) is 0 Å². The number of benzene rings is 1. The highest BCUT2D eigenvalue weighted by Gasteiger charge is 2.22. The summed E-state index contributed by atoms with van der Waals surface area (Å²) in [6.07, 6.45) is 2.70. The van der Waals surface area contributed by atoms with Gasteiger partial charge in [-0.2, -0.15) is 0 Å². The van der Waals surface area contributed by atoms with Crippen LogP contribution in [0, 0.1) is 0 Å². The van der Waals surface area contributed by atoms with Crippen molar-refractivity contribution in [2.75, 3.05) is 33.9 Å². The molecule has 0 spiro atoms. The Morgan fingerprint density at radius 3 is 2.70 bits per heavy atom. The Morgan fingerprint density at radius 2 is 2.15 bits per heavy atom. The van der Waals surface area contributed by atoms with Crippen LogP contribution in [0.2, 0.25) is 0 Å². The van der Waals surface area contributed by atoms with Crippen molar-refractivity contribution in [1.82, 2.24) is 4.90 Å². The zero-order valence-corrected chi connectivity index (χ0v) is 12.5. The van der Waals surface area contributed by atoms with Crippen LogP contribution < -0.4 is 5.73 Å². The van der Waals surface area contributed by atoms with Crippen LogP contribution in [0.15, 0.2) is 24.3 Å². The SMILES string of the molecule is COCc1ccc(C(CN)N(C)CC2CCCO2)cc1. The molecular weight excluding hydrogens is 252 g/mol. The minimum atomic E-state index is 0.246. The monoisotopic (exact) mass is 278 g/mol. The van der Waals surface area contributed by atoms with Gasteiger partial charge >= 0.3 is 0 Å². The number of nitrogens with two attached hydrogens (primary N) is 1. The van der Waals surface area contributed by atoms with E-state index in [4.69, 9.17) is 15.2 Å². The van der Waals surface area contributed by atoms with Crippen molar-refractivity contribution >= 4 is 0 Å². The number of methoxy groups -OCH3 is 1. The van der Waals surface area contributed by atoms with Gasteiger partial charge in [-0.1, -0.05) is 24.3 Å². The highest BCUT2D eigenvalue weighted by Crippen LogP contribution is 2.22. The maximum absolute atomic E-state index is 5.97. The van der Waals surface area contributed by atoms with Gasteiger partial charge in [0, 0.05) is 32.8 Å². The lowest BCUT2D eigenvalue weighted by Crippen LogP contribution is -2.36. The number of likely N-dealkylation sites (N-methyl/N-ethyl adjacent to an activating group) is 1. The van der Waals surface area contributed by atoms with E-state index in [1.807, 2.05) is 0 Å². The molecule has 1 aliphatic heterocycles. The molecule has 0 radical (unpaired) electrons. The highest BCUT2D eigenvalue weighted by atomic mass is 16.5. The van der Waals surface area contributed by atoms with Crippen molar-refractivity contribution in [2.24, 2.45) is 5.73 Å². The van der Waals surface area contributed by atoms with E-state index in [-0.39, 0.29) is 6.04 Å².